The van der Waals surface area contributed by atoms with Gasteiger partial charge >= 0.3 is 23.1 Å². The minimum atomic E-state index is 0. The summed E-state index contributed by atoms with van der Waals surface area (Å²) in [6.45, 7) is 4.63. The van der Waals surface area contributed by atoms with Crippen LogP contribution in [0.1, 0.15) is 39.5 Å². The second-order valence-electron chi connectivity index (χ2n) is 3.27. The van der Waals surface area contributed by atoms with Gasteiger partial charge in [-0.15, -0.1) is 0 Å². The number of halogens is 1. The van der Waals surface area contributed by atoms with Crippen molar-refractivity contribution in [1.82, 2.24) is 0 Å². The molecule has 0 amide bonds. The van der Waals surface area contributed by atoms with Gasteiger partial charge in [0.25, 0.3) is 0 Å². The average molecular weight is 229 g/mol. The van der Waals surface area contributed by atoms with E-state index in [9.17, 15) is 0 Å². The Kier molecular flexibility index (Phi) is 10.6. The maximum Gasteiger partial charge on any atom is 2.00 e. The van der Waals surface area contributed by atoms with Crippen LogP contribution < -0.4 is 17.0 Å². The van der Waals surface area contributed by atoms with Crippen LogP contribution in [-0.2, 0) is 0 Å². The third-order valence-corrected chi connectivity index (χ3v) is 2.36. The molecule has 2 unspecified atom stereocenters. The molecule has 1 rings (SSSR count). The Bertz CT molecular complexity index is 85.6. The molecule has 0 aliphatic heterocycles. The Labute approximate surface area is 97.4 Å². The minimum absolute atomic E-state index is 0. The van der Waals surface area contributed by atoms with Gasteiger partial charge in [0.15, 0.2) is 0 Å². The third kappa shape index (κ3) is 5.48. The Balaban J connectivity index is 0. The van der Waals surface area contributed by atoms with Crippen molar-refractivity contribution in [2.24, 2.45) is 11.8 Å². The standard InChI is InChI=1S/C9H17.BrH.Mg/c1-3-9-6-4-5-8(2)7-9;;/h7-9H,3-6H2,1-2H3;1H;/q-1;;+2/p-1. The van der Waals surface area contributed by atoms with E-state index < -0.39 is 0 Å². The van der Waals surface area contributed by atoms with E-state index in [-0.39, 0.29) is 40.0 Å². The normalized spacial score (nSPS) is 30.0. The van der Waals surface area contributed by atoms with Crippen molar-refractivity contribution in [3.63, 3.8) is 0 Å². The maximum absolute atomic E-state index is 2.53. The molecule has 2 heteroatoms. The fourth-order valence-corrected chi connectivity index (χ4v) is 1.70. The summed E-state index contributed by atoms with van der Waals surface area (Å²) in [5.74, 6) is 1.83. The van der Waals surface area contributed by atoms with Crippen LogP contribution in [0.2, 0.25) is 0 Å². The fraction of sp³-hybridized carbons (Fsp3) is 0.889. The van der Waals surface area contributed by atoms with Gasteiger partial charge in [-0.1, -0.05) is 39.5 Å². The molecule has 2 atom stereocenters. The van der Waals surface area contributed by atoms with Gasteiger partial charge in [-0.25, -0.2) is 0 Å². The van der Waals surface area contributed by atoms with Gasteiger partial charge in [0.05, 0.1) is 0 Å². The van der Waals surface area contributed by atoms with Gasteiger partial charge in [-0.05, 0) is 0 Å². The van der Waals surface area contributed by atoms with Gasteiger partial charge in [0, 0.05) is 0 Å². The molecule has 0 heterocycles. The first-order valence-electron chi connectivity index (χ1n) is 4.18. The molecule has 0 N–H and O–H groups in total. The summed E-state index contributed by atoms with van der Waals surface area (Å²) in [5.41, 5.74) is 0. The van der Waals surface area contributed by atoms with Crippen LogP contribution in [0.15, 0.2) is 0 Å². The Hall–Kier alpha value is 1.25. The van der Waals surface area contributed by atoms with E-state index in [1.165, 1.54) is 25.7 Å². The van der Waals surface area contributed by atoms with Crippen molar-refractivity contribution in [2.45, 2.75) is 39.5 Å². The molecule has 1 aliphatic rings. The van der Waals surface area contributed by atoms with Gasteiger partial charge in [-0.3, -0.25) is 0 Å². The Morgan fingerprint density at radius 1 is 1.36 bits per heavy atom. The SMILES string of the molecule is CCC1[CH-]C(C)CCC1.[Br-].[Mg+2]. The number of hydrogen-bond donors (Lipinski definition) is 0. The first kappa shape index (κ1) is 14.8. The topological polar surface area (TPSA) is 0 Å². The van der Waals surface area contributed by atoms with E-state index in [4.69, 9.17) is 0 Å². The van der Waals surface area contributed by atoms with E-state index in [1.807, 2.05) is 0 Å². The minimum Gasteiger partial charge on any atom is -1.00 e. The summed E-state index contributed by atoms with van der Waals surface area (Å²) in [4.78, 5) is 0. The molecule has 0 aromatic heterocycles. The zero-order chi connectivity index (χ0) is 6.69. The van der Waals surface area contributed by atoms with E-state index in [2.05, 4.69) is 20.3 Å². The summed E-state index contributed by atoms with van der Waals surface area (Å²) >= 11 is 0. The first-order valence-corrected chi connectivity index (χ1v) is 4.18. The molecule has 0 nitrogen and oxygen atoms in total. The van der Waals surface area contributed by atoms with Gasteiger partial charge in [0.1, 0.15) is 0 Å². The van der Waals surface area contributed by atoms with Crippen LogP contribution in [0, 0.1) is 18.3 Å². The number of hydrogen-bond acceptors (Lipinski definition) is 0. The van der Waals surface area contributed by atoms with Gasteiger partial charge < -0.3 is 23.4 Å². The molecule has 11 heavy (non-hydrogen) atoms. The van der Waals surface area contributed by atoms with Crippen molar-refractivity contribution in [3.8, 4) is 0 Å². The zero-order valence-electron chi connectivity index (χ0n) is 7.65. The van der Waals surface area contributed by atoms with E-state index in [0.29, 0.717) is 0 Å². The van der Waals surface area contributed by atoms with E-state index >= 15 is 0 Å². The Morgan fingerprint density at radius 3 is 2.36 bits per heavy atom. The van der Waals surface area contributed by atoms with Crippen molar-refractivity contribution in [3.05, 3.63) is 6.42 Å². The second-order valence-corrected chi connectivity index (χ2v) is 3.27. The average Bonchev–Trinajstić information content (AvgIpc) is 1.88. The monoisotopic (exact) mass is 228 g/mol. The molecular weight excluding hydrogens is 212 g/mol. The summed E-state index contributed by atoms with van der Waals surface area (Å²) in [6.07, 6.45) is 8.21. The van der Waals surface area contributed by atoms with Crippen LogP contribution in [-0.4, -0.2) is 23.1 Å². The summed E-state index contributed by atoms with van der Waals surface area (Å²) in [5, 5.41) is 0. The van der Waals surface area contributed by atoms with Crippen LogP contribution in [0.3, 0.4) is 0 Å². The first-order chi connectivity index (χ1) is 4.33. The van der Waals surface area contributed by atoms with E-state index in [0.717, 1.165) is 11.8 Å². The van der Waals surface area contributed by atoms with Crippen LogP contribution in [0.4, 0.5) is 0 Å². The number of rotatable bonds is 1. The summed E-state index contributed by atoms with van der Waals surface area (Å²) < 4.78 is 0. The quantitative estimate of drug-likeness (QED) is 0.426. The molecule has 1 saturated carbocycles. The third-order valence-electron chi connectivity index (χ3n) is 2.36. The van der Waals surface area contributed by atoms with E-state index in [1.54, 1.807) is 0 Å². The zero-order valence-corrected chi connectivity index (χ0v) is 10.6. The maximum atomic E-state index is 2.53. The van der Waals surface area contributed by atoms with Crippen LogP contribution in [0.5, 0.6) is 0 Å². The molecule has 1 aliphatic carbocycles. The molecule has 0 saturated heterocycles. The van der Waals surface area contributed by atoms with Crippen LogP contribution in [0.25, 0.3) is 0 Å². The molecule has 62 valence electrons. The fourth-order valence-electron chi connectivity index (χ4n) is 1.70. The predicted molar refractivity (Wildman–Crippen MR) is 46.9 cm³/mol. The second kappa shape index (κ2) is 7.87. The molecule has 0 spiro atoms. The molecular formula is C9H17BrMg. The van der Waals surface area contributed by atoms with Crippen molar-refractivity contribution in [1.29, 1.82) is 0 Å². The summed E-state index contributed by atoms with van der Waals surface area (Å²) in [7, 11) is 0. The smallest absolute Gasteiger partial charge is 1.00 e. The predicted octanol–water partition coefficient (Wildman–Crippen LogP) is -0.340. The Morgan fingerprint density at radius 2 is 2.00 bits per heavy atom. The molecule has 0 bridgehead atoms. The largest absolute Gasteiger partial charge is 2.00 e. The molecule has 0 aromatic rings. The molecule has 0 aromatic carbocycles. The van der Waals surface area contributed by atoms with Crippen molar-refractivity contribution in [2.75, 3.05) is 0 Å². The van der Waals surface area contributed by atoms with Crippen LogP contribution >= 0.6 is 0 Å². The van der Waals surface area contributed by atoms with Crippen molar-refractivity contribution < 1.29 is 17.0 Å². The molecule has 0 radical (unpaired) electrons. The van der Waals surface area contributed by atoms with Crippen molar-refractivity contribution >= 4 is 23.1 Å². The van der Waals surface area contributed by atoms with Gasteiger partial charge in [0.2, 0.25) is 0 Å². The van der Waals surface area contributed by atoms with Gasteiger partial charge in [-0.2, -0.15) is 11.8 Å². The summed E-state index contributed by atoms with van der Waals surface area (Å²) in [6, 6.07) is 0. The molecule has 1 fully saturated rings.